The summed E-state index contributed by atoms with van der Waals surface area (Å²) in [6.45, 7) is 3.92. The Bertz CT molecular complexity index is 1150. The second-order valence-corrected chi connectivity index (χ2v) is 8.05. The van der Waals surface area contributed by atoms with Crippen LogP contribution in [0.1, 0.15) is 22.3 Å². The van der Waals surface area contributed by atoms with Crippen molar-refractivity contribution in [1.82, 2.24) is 9.80 Å². The van der Waals surface area contributed by atoms with E-state index in [1.54, 1.807) is 0 Å². The van der Waals surface area contributed by atoms with Crippen molar-refractivity contribution < 1.29 is 22.4 Å². The normalized spacial score (nSPS) is 12.3. The number of hydrogen-bond donors (Lipinski definition) is 0. The van der Waals surface area contributed by atoms with Crippen LogP contribution in [-0.4, -0.2) is 9.80 Å². The van der Waals surface area contributed by atoms with E-state index in [9.17, 15) is 0 Å². The Hall–Kier alpha value is -3.33. The van der Waals surface area contributed by atoms with Gasteiger partial charge in [0.2, 0.25) is 0 Å². The molecule has 0 amide bonds. The molecule has 1 aliphatic heterocycles. The van der Waals surface area contributed by atoms with Crippen LogP contribution in [-0.2, 0) is 48.1 Å². The summed E-state index contributed by atoms with van der Waals surface area (Å²) in [6, 6.07) is 42.8. The Morgan fingerprint density at radius 3 is 1.17 bits per heavy atom. The average Bonchev–Trinajstić information content (AvgIpc) is 3.24. The molecule has 0 bridgehead atoms. The van der Waals surface area contributed by atoms with Crippen molar-refractivity contribution in [1.29, 1.82) is 5.26 Å². The molecule has 0 saturated carbocycles. The van der Waals surface area contributed by atoms with E-state index in [-0.39, 0.29) is 22.4 Å². The van der Waals surface area contributed by atoms with Gasteiger partial charge in [0, 0.05) is 24.5 Å². The molecule has 35 heavy (non-hydrogen) atoms. The molecule has 0 fully saturated rings. The number of benzene rings is 4. The molecule has 5 rings (SSSR count). The maximum absolute atomic E-state index is 7.13. The minimum atomic E-state index is 0. The molecular weight excluding hydrogens is 631 g/mol. The molecule has 1 heterocycles. The first-order valence-electron chi connectivity index (χ1n) is 11.1. The second kappa shape index (κ2) is 13.5. The fourth-order valence-electron chi connectivity index (χ4n) is 4.15. The van der Waals surface area contributed by atoms with Crippen LogP contribution in [0, 0.1) is 17.3 Å². The van der Waals surface area contributed by atoms with Crippen molar-refractivity contribution in [3.63, 3.8) is 0 Å². The standard InChI is InChI=1S/C29H25N2.CHNS.Au/c1-5-13-24(14-6-1)21-30-23-31(22-25-15-7-2-8-16-25)29(27-19-11-4-12-20-27)28(30)26-17-9-3-10-18-26;2-1-3;/h1-20,23H,21-22H2;3H;/q-1;;+1/p-1. The minimum Gasteiger partial charge on any atom is -0.696 e. The summed E-state index contributed by atoms with van der Waals surface area (Å²) in [4.78, 5) is 4.77. The molecule has 0 spiro atoms. The first kappa shape index (κ1) is 26.3. The van der Waals surface area contributed by atoms with Gasteiger partial charge in [-0.15, -0.1) is 0 Å². The zero-order chi connectivity index (χ0) is 23.6. The molecule has 178 valence electrons. The van der Waals surface area contributed by atoms with Gasteiger partial charge in [0.1, 0.15) is 0 Å². The van der Waals surface area contributed by atoms with Gasteiger partial charge < -0.3 is 22.4 Å². The molecule has 0 saturated heterocycles. The zero-order valence-corrected chi connectivity index (χ0v) is 22.1. The first-order valence-corrected chi connectivity index (χ1v) is 11.5. The predicted octanol–water partition coefficient (Wildman–Crippen LogP) is 6.66. The van der Waals surface area contributed by atoms with Crippen LogP contribution in [0.4, 0.5) is 0 Å². The monoisotopic (exact) mass is 656 g/mol. The van der Waals surface area contributed by atoms with Gasteiger partial charge in [-0.05, 0) is 22.3 Å². The van der Waals surface area contributed by atoms with E-state index in [2.05, 4.69) is 150 Å². The molecule has 1 aliphatic rings. The summed E-state index contributed by atoms with van der Waals surface area (Å²) in [7, 11) is 0. The van der Waals surface area contributed by atoms with Gasteiger partial charge >= 0.3 is 22.4 Å². The Morgan fingerprint density at radius 1 is 0.571 bits per heavy atom. The summed E-state index contributed by atoms with van der Waals surface area (Å²) in [6.07, 6.45) is 0. The van der Waals surface area contributed by atoms with Crippen molar-refractivity contribution in [2.24, 2.45) is 0 Å². The molecule has 3 nitrogen and oxygen atoms in total. The van der Waals surface area contributed by atoms with Crippen molar-refractivity contribution in [2.75, 3.05) is 0 Å². The Balaban J connectivity index is 0.000000815. The predicted molar refractivity (Wildman–Crippen MR) is 141 cm³/mol. The fourth-order valence-corrected chi connectivity index (χ4v) is 4.15. The fraction of sp³-hybridized carbons (Fsp3) is 0.0667. The van der Waals surface area contributed by atoms with Crippen LogP contribution in [0.25, 0.3) is 11.4 Å². The van der Waals surface area contributed by atoms with Crippen molar-refractivity contribution >= 4 is 24.0 Å². The van der Waals surface area contributed by atoms with Gasteiger partial charge in [-0.3, -0.25) is 0 Å². The largest absolute Gasteiger partial charge is 1.00 e. The third-order valence-electron chi connectivity index (χ3n) is 5.56. The van der Waals surface area contributed by atoms with E-state index in [4.69, 9.17) is 5.26 Å². The summed E-state index contributed by atoms with van der Waals surface area (Å²) in [5.41, 5.74) is 7.52. The molecule has 5 heteroatoms. The van der Waals surface area contributed by atoms with Gasteiger partial charge in [0.25, 0.3) is 0 Å². The second-order valence-electron chi connectivity index (χ2n) is 7.86. The number of nitrogens with zero attached hydrogens (tertiary/aromatic N) is 3. The van der Waals surface area contributed by atoms with Gasteiger partial charge in [0.05, 0.1) is 0 Å². The molecule has 0 atom stereocenters. The zero-order valence-electron chi connectivity index (χ0n) is 19.1. The number of rotatable bonds is 6. The van der Waals surface area contributed by atoms with E-state index in [1.807, 2.05) is 0 Å². The van der Waals surface area contributed by atoms with Crippen LogP contribution in [0.5, 0.6) is 0 Å². The van der Waals surface area contributed by atoms with E-state index >= 15 is 0 Å². The molecule has 4 aromatic rings. The summed E-state index contributed by atoms with van der Waals surface area (Å²) >= 11 is 3.70. The molecule has 0 aromatic heterocycles. The molecule has 0 unspecified atom stereocenters. The maximum atomic E-state index is 7.13. The number of nitriles is 1. The third kappa shape index (κ3) is 6.85. The Morgan fingerprint density at radius 2 is 0.857 bits per heavy atom. The van der Waals surface area contributed by atoms with Crippen molar-refractivity contribution in [3.8, 4) is 5.40 Å². The number of hydrogen-bond acceptors (Lipinski definition) is 4. The Kier molecular flexibility index (Phi) is 10.2. The topological polar surface area (TPSA) is 30.3 Å². The van der Waals surface area contributed by atoms with Gasteiger partial charge in [-0.25, -0.2) is 5.26 Å². The van der Waals surface area contributed by atoms with Crippen LogP contribution in [0.3, 0.4) is 0 Å². The summed E-state index contributed by atoms with van der Waals surface area (Å²) < 4.78 is 0. The van der Waals surface area contributed by atoms with Gasteiger partial charge in [0.15, 0.2) is 0 Å². The summed E-state index contributed by atoms with van der Waals surface area (Å²) in [5, 5.41) is 8.47. The minimum absolute atomic E-state index is 0. The van der Waals surface area contributed by atoms with Gasteiger partial charge in [-0.1, -0.05) is 127 Å². The van der Waals surface area contributed by atoms with Crippen LogP contribution >= 0.6 is 0 Å². The molecule has 0 N–H and O–H groups in total. The SMILES string of the molecule is N#C[S-].[Au+].c1ccc(CN2[CH-]N(Cc3ccccc3)C(c3ccccc3)=C2c2ccccc2)cc1. The summed E-state index contributed by atoms with van der Waals surface area (Å²) in [5.74, 6) is 0. The molecule has 0 radical (unpaired) electrons. The Labute approximate surface area is 229 Å². The smallest absolute Gasteiger partial charge is 0.696 e. The van der Waals surface area contributed by atoms with Gasteiger partial charge in [-0.2, -0.15) is 6.67 Å². The third-order valence-corrected chi connectivity index (χ3v) is 5.56. The van der Waals surface area contributed by atoms with Crippen LogP contribution < -0.4 is 0 Å². The van der Waals surface area contributed by atoms with Crippen molar-refractivity contribution in [3.05, 3.63) is 150 Å². The van der Waals surface area contributed by atoms with E-state index in [1.165, 1.54) is 39.0 Å². The quantitative estimate of drug-likeness (QED) is 0.101. The van der Waals surface area contributed by atoms with Crippen LogP contribution in [0.2, 0.25) is 0 Å². The average molecular weight is 657 g/mol. The molecule has 0 aliphatic carbocycles. The van der Waals surface area contributed by atoms with E-state index < -0.39 is 0 Å². The van der Waals surface area contributed by atoms with E-state index in [0.29, 0.717) is 0 Å². The molecular formula is C30H25AuN3S-. The van der Waals surface area contributed by atoms with Crippen LogP contribution in [0.15, 0.2) is 121 Å². The van der Waals surface area contributed by atoms with Crippen molar-refractivity contribution in [2.45, 2.75) is 13.1 Å². The number of thiocyanates is 1. The first-order chi connectivity index (χ1) is 16.8. The maximum Gasteiger partial charge on any atom is 1.00 e. The van der Waals surface area contributed by atoms with E-state index in [0.717, 1.165) is 13.1 Å². The molecule has 4 aromatic carbocycles.